The smallest absolute Gasteiger partial charge is 0.344 e. The highest BCUT2D eigenvalue weighted by Crippen LogP contribution is 2.23. The van der Waals surface area contributed by atoms with Crippen molar-refractivity contribution < 1.29 is 28.6 Å². The number of hydrogen-bond donors (Lipinski definition) is 2. The Morgan fingerprint density at radius 1 is 0.969 bits per heavy atom. The summed E-state index contributed by atoms with van der Waals surface area (Å²) in [5.41, 5.74) is 6.50. The number of esters is 1. The van der Waals surface area contributed by atoms with Crippen LogP contribution in [0.4, 0.5) is 5.00 Å². The molecule has 1 unspecified atom stereocenters. The van der Waals surface area contributed by atoms with Gasteiger partial charge in [0.2, 0.25) is 0 Å². The van der Waals surface area contributed by atoms with Crippen LogP contribution in [0, 0.1) is 0 Å². The summed E-state index contributed by atoms with van der Waals surface area (Å²) in [7, 11) is 0. The number of primary amides is 1. The lowest BCUT2D eigenvalue weighted by atomic mass is 10.2. The quantitative estimate of drug-likeness (QED) is 0.454. The van der Waals surface area contributed by atoms with Crippen LogP contribution in [0.3, 0.4) is 0 Å². The van der Waals surface area contributed by atoms with Crippen molar-refractivity contribution in [2.24, 2.45) is 5.73 Å². The van der Waals surface area contributed by atoms with E-state index in [1.165, 1.54) is 13.0 Å². The van der Waals surface area contributed by atoms with Crippen LogP contribution in [0.5, 0.6) is 11.5 Å². The van der Waals surface area contributed by atoms with Gasteiger partial charge in [0, 0.05) is 0 Å². The number of amides is 2. The van der Waals surface area contributed by atoms with Crippen LogP contribution in [0.25, 0.3) is 0 Å². The van der Waals surface area contributed by atoms with E-state index in [4.69, 9.17) is 19.9 Å². The fourth-order valence-corrected chi connectivity index (χ4v) is 3.41. The second-order valence-corrected chi connectivity index (χ2v) is 7.60. The molecule has 0 saturated heterocycles. The summed E-state index contributed by atoms with van der Waals surface area (Å²) in [6.07, 6.45) is -1.08. The summed E-state index contributed by atoms with van der Waals surface area (Å²) in [6, 6.07) is 18.1. The van der Waals surface area contributed by atoms with Crippen molar-refractivity contribution in [3.8, 4) is 11.5 Å². The minimum absolute atomic E-state index is 0.196. The van der Waals surface area contributed by atoms with Crippen LogP contribution in [0.2, 0.25) is 0 Å². The lowest BCUT2D eigenvalue weighted by Gasteiger charge is -2.14. The fourth-order valence-electron chi connectivity index (χ4n) is 2.61. The zero-order chi connectivity index (χ0) is 22.9. The third-order valence-electron chi connectivity index (χ3n) is 4.27. The van der Waals surface area contributed by atoms with E-state index in [2.05, 4.69) is 5.32 Å². The first kappa shape index (κ1) is 22.8. The molecule has 1 aromatic heterocycles. The number of carbonyl (C=O) groups is 3. The summed E-state index contributed by atoms with van der Waals surface area (Å²) >= 11 is 1.15. The molecule has 3 aromatic rings. The van der Waals surface area contributed by atoms with Crippen molar-refractivity contribution in [3.63, 3.8) is 0 Å². The Kier molecular flexibility index (Phi) is 7.82. The minimum Gasteiger partial charge on any atom is -0.489 e. The highest BCUT2D eigenvalue weighted by Gasteiger charge is 2.21. The first-order valence-corrected chi connectivity index (χ1v) is 10.6. The van der Waals surface area contributed by atoms with Gasteiger partial charge in [-0.15, -0.1) is 11.3 Å². The van der Waals surface area contributed by atoms with Gasteiger partial charge in [-0.25, -0.2) is 4.79 Å². The van der Waals surface area contributed by atoms with Gasteiger partial charge in [-0.1, -0.05) is 30.3 Å². The van der Waals surface area contributed by atoms with Crippen LogP contribution in [0.1, 0.15) is 22.8 Å². The second-order valence-electron chi connectivity index (χ2n) is 6.68. The minimum atomic E-state index is -1.08. The summed E-state index contributed by atoms with van der Waals surface area (Å²) < 4.78 is 16.2. The zero-order valence-corrected chi connectivity index (χ0v) is 18.1. The highest BCUT2D eigenvalue weighted by atomic mass is 32.1. The number of nitrogens with one attached hydrogen (secondary N) is 1. The van der Waals surface area contributed by atoms with Crippen molar-refractivity contribution in [1.82, 2.24) is 0 Å². The van der Waals surface area contributed by atoms with Crippen LogP contribution >= 0.6 is 11.3 Å². The summed E-state index contributed by atoms with van der Waals surface area (Å²) in [6.45, 7) is 1.50. The predicted molar refractivity (Wildman–Crippen MR) is 120 cm³/mol. The third-order valence-corrected chi connectivity index (χ3v) is 5.10. The molecule has 1 atom stereocenters. The molecule has 0 aliphatic rings. The number of nitrogens with two attached hydrogens (primary N) is 1. The maximum Gasteiger partial charge on any atom is 0.344 e. The monoisotopic (exact) mass is 454 g/mol. The molecule has 0 saturated carbocycles. The Hall–Kier alpha value is -3.85. The van der Waals surface area contributed by atoms with E-state index in [1.54, 1.807) is 29.6 Å². The maximum absolute atomic E-state index is 12.2. The van der Waals surface area contributed by atoms with Crippen molar-refractivity contribution in [1.29, 1.82) is 0 Å². The van der Waals surface area contributed by atoms with Crippen LogP contribution < -0.4 is 20.5 Å². The SMILES string of the molecule is CC(OC(=O)COc1ccc(OCc2ccccc2)cc1)C(=O)Nc1sccc1C(N)=O. The predicted octanol–water partition coefficient (Wildman–Crippen LogP) is 3.38. The van der Waals surface area contributed by atoms with Crippen molar-refractivity contribution in [2.45, 2.75) is 19.6 Å². The van der Waals surface area contributed by atoms with E-state index in [0.717, 1.165) is 16.9 Å². The van der Waals surface area contributed by atoms with Gasteiger partial charge in [0.25, 0.3) is 11.8 Å². The van der Waals surface area contributed by atoms with E-state index in [9.17, 15) is 14.4 Å². The number of anilines is 1. The van der Waals surface area contributed by atoms with E-state index < -0.39 is 23.9 Å². The number of benzene rings is 2. The molecule has 32 heavy (non-hydrogen) atoms. The molecule has 3 N–H and O–H groups in total. The molecule has 8 nitrogen and oxygen atoms in total. The molecule has 2 amide bonds. The lowest BCUT2D eigenvalue weighted by Crippen LogP contribution is -2.32. The van der Waals surface area contributed by atoms with Crippen molar-refractivity contribution in [3.05, 3.63) is 77.2 Å². The van der Waals surface area contributed by atoms with Gasteiger partial charge < -0.3 is 25.3 Å². The topological polar surface area (TPSA) is 117 Å². The Bertz CT molecular complexity index is 1070. The van der Waals surface area contributed by atoms with Gasteiger partial charge in [-0.3, -0.25) is 9.59 Å². The third kappa shape index (κ3) is 6.58. The van der Waals surface area contributed by atoms with E-state index in [-0.39, 0.29) is 12.2 Å². The largest absolute Gasteiger partial charge is 0.489 e. The summed E-state index contributed by atoms with van der Waals surface area (Å²) in [4.78, 5) is 35.5. The van der Waals surface area contributed by atoms with Gasteiger partial charge in [0.1, 0.15) is 23.1 Å². The summed E-state index contributed by atoms with van der Waals surface area (Å²) in [5.74, 6) is -0.827. The van der Waals surface area contributed by atoms with Gasteiger partial charge in [0.05, 0.1) is 5.56 Å². The zero-order valence-electron chi connectivity index (χ0n) is 17.3. The molecule has 9 heteroatoms. The Morgan fingerprint density at radius 2 is 1.62 bits per heavy atom. The number of ether oxygens (including phenoxy) is 3. The molecule has 3 rings (SSSR count). The molecular formula is C23H22N2O6S. The standard InChI is InChI=1S/C23H22N2O6S/c1-15(22(28)25-23-19(21(24)27)11-12-32-23)31-20(26)14-30-18-9-7-17(8-10-18)29-13-16-5-3-2-4-6-16/h2-12,15H,13-14H2,1H3,(H2,24,27)(H,25,28). The molecule has 0 radical (unpaired) electrons. The van der Waals surface area contributed by atoms with E-state index in [1.807, 2.05) is 30.3 Å². The second kappa shape index (κ2) is 11.0. The van der Waals surface area contributed by atoms with Crippen LogP contribution in [-0.4, -0.2) is 30.5 Å². The highest BCUT2D eigenvalue weighted by molar-refractivity contribution is 7.14. The van der Waals surface area contributed by atoms with Gasteiger partial charge >= 0.3 is 5.97 Å². The fraction of sp³-hybridized carbons (Fsp3) is 0.174. The normalized spacial score (nSPS) is 11.3. The van der Waals surface area contributed by atoms with Crippen molar-refractivity contribution >= 4 is 34.1 Å². The Labute approximate surface area is 188 Å². The molecule has 0 bridgehead atoms. The van der Waals surface area contributed by atoms with E-state index >= 15 is 0 Å². The number of thiophene rings is 1. The molecule has 0 fully saturated rings. The number of hydrogen-bond acceptors (Lipinski definition) is 7. The molecular weight excluding hydrogens is 432 g/mol. The number of carbonyl (C=O) groups excluding carboxylic acids is 3. The Balaban J connectivity index is 1.42. The molecule has 2 aromatic carbocycles. The van der Waals surface area contributed by atoms with Crippen molar-refractivity contribution in [2.75, 3.05) is 11.9 Å². The number of rotatable bonds is 10. The molecule has 0 aliphatic heterocycles. The average Bonchev–Trinajstić information content (AvgIpc) is 3.26. The molecule has 0 spiro atoms. The Morgan fingerprint density at radius 3 is 2.28 bits per heavy atom. The maximum atomic E-state index is 12.2. The van der Waals surface area contributed by atoms with Gasteiger partial charge in [-0.05, 0) is 48.2 Å². The average molecular weight is 455 g/mol. The molecule has 166 valence electrons. The first-order valence-electron chi connectivity index (χ1n) is 9.69. The lowest BCUT2D eigenvalue weighted by molar-refractivity contribution is -0.155. The van der Waals surface area contributed by atoms with Gasteiger partial charge in [-0.2, -0.15) is 0 Å². The van der Waals surface area contributed by atoms with Crippen LogP contribution in [-0.2, 0) is 20.9 Å². The first-order chi connectivity index (χ1) is 15.4. The summed E-state index contributed by atoms with van der Waals surface area (Å²) in [5, 5.41) is 4.45. The van der Waals surface area contributed by atoms with E-state index in [0.29, 0.717) is 23.1 Å². The van der Waals surface area contributed by atoms with Gasteiger partial charge in [0.15, 0.2) is 12.7 Å². The van der Waals surface area contributed by atoms with Crippen LogP contribution in [0.15, 0.2) is 66.0 Å². The molecule has 0 aliphatic carbocycles. The molecule has 1 heterocycles.